The van der Waals surface area contributed by atoms with Crippen molar-refractivity contribution in [2.24, 2.45) is 0 Å². The number of morpholine rings is 1. The van der Waals surface area contributed by atoms with E-state index < -0.39 is 0 Å². The molecule has 178 valence electrons. The van der Waals surface area contributed by atoms with E-state index >= 15 is 0 Å². The standard InChI is InChI=1S/C26H29N3O4S/c1-28(2)16-21-17-29(12-13-31-21)25(30)24-15-27-26(34-24)32-20-9-11-23-19(14-20)8-10-22(33-23)18-6-4-3-5-7-18/h3-7,9,11,14-15,21-22H,8,10,12-13,16-17H2,1-2H3/t21?,22-/m0/s1. The van der Waals surface area contributed by atoms with Crippen molar-refractivity contribution < 1.29 is 19.0 Å². The van der Waals surface area contributed by atoms with Crippen molar-refractivity contribution in [3.05, 3.63) is 70.7 Å². The van der Waals surface area contributed by atoms with E-state index in [0.717, 1.165) is 30.7 Å². The van der Waals surface area contributed by atoms with Crippen LogP contribution < -0.4 is 9.47 Å². The summed E-state index contributed by atoms with van der Waals surface area (Å²) in [6, 6.07) is 16.2. The van der Waals surface area contributed by atoms with Crippen LogP contribution in [0.15, 0.2) is 54.7 Å². The summed E-state index contributed by atoms with van der Waals surface area (Å²) >= 11 is 1.27. The quantitative estimate of drug-likeness (QED) is 0.522. The highest BCUT2D eigenvalue weighted by Gasteiger charge is 2.27. The lowest BCUT2D eigenvalue weighted by molar-refractivity contribution is -0.0305. The third kappa shape index (κ3) is 5.24. The van der Waals surface area contributed by atoms with Gasteiger partial charge in [-0.05, 0) is 56.3 Å². The van der Waals surface area contributed by atoms with Crippen LogP contribution in [0.3, 0.4) is 0 Å². The van der Waals surface area contributed by atoms with Crippen LogP contribution in [0.5, 0.6) is 16.7 Å². The highest BCUT2D eigenvalue weighted by atomic mass is 32.1. The van der Waals surface area contributed by atoms with Crippen LogP contribution >= 0.6 is 11.3 Å². The number of hydrogen-bond donors (Lipinski definition) is 0. The first-order chi connectivity index (χ1) is 16.5. The molecule has 8 heteroatoms. The van der Waals surface area contributed by atoms with Crippen LogP contribution in [0, 0.1) is 0 Å². The van der Waals surface area contributed by atoms with E-state index in [1.165, 1.54) is 16.9 Å². The number of benzene rings is 2. The third-order valence-corrected chi connectivity index (χ3v) is 6.91. The summed E-state index contributed by atoms with van der Waals surface area (Å²) in [7, 11) is 4.01. The Morgan fingerprint density at radius 3 is 2.91 bits per heavy atom. The Balaban J connectivity index is 1.22. The molecule has 1 saturated heterocycles. The van der Waals surface area contributed by atoms with Gasteiger partial charge in [-0.1, -0.05) is 41.7 Å². The largest absolute Gasteiger partial charge is 0.485 e. The van der Waals surface area contributed by atoms with Gasteiger partial charge in [-0.25, -0.2) is 4.98 Å². The predicted octanol–water partition coefficient (Wildman–Crippen LogP) is 4.40. The molecule has 0 bridgehead atoms. The molecule has 1 aromatic heterocycles. The molecule has 1 fully saturated rings. The van der Waals surface area contributed by atoms with Gasteiger partial charge in [-0.2, -0.15) is 0 Å². The molecule has 0 N–H and O–H groups in total. The second kappa shape index (κ2) is 10.1. The lowest BCUT2D eigenvalue weighted by Gasteiger charge is -2.33. The van der Waals surface area contributed by atoms with Gasteiger partial charge in [0.2, 0.25) is 0 Å². The van der Waals surface area contributed by atoms with Crippen molar-refractivity contribution in [3.63, 3.8) is 0 Å². The number of likely N-dealkylation sites (N-methyl/N-ethyl adjacent to an activating group) is 1. The molecule has 1 amide bonds. The van der Waals surface area contributed by atoms with Gasteiger partial charge < -0.3 is 24.0 Å². The Bertz CT molecular complexity index is 1130. The fraction of sp³-hybridized carbons (Fsp3) is 0.385. The number of aryl methyl sites for hydroxylation is 1. The van der Waals surface area contributed by atoms with Crippen LogP contribution in [0.2, 0.25) is 0 Å². The summed E-state index contributed by atoms with van der Waals surface area (Å²) in [6.45, 7) is 2.51. The fourth-order valence-electron chi connectivity index (χ4n) is 4.41. The van der Waals surface area contributed by atoms with Crippen LogP contribution in [-0.2, 0) is 11.2 Å². The summed E-state index contributed by atoms with van der Waals surface area (Å²) in [5.74, 6) is 1.57. The Morgan fingerprint density at radius 2 is 2.09 bits per heavy atom. The summed E-state index contributed by atoms with van der Waals surface area (Å²) < 4.78 is 18.0. The highest BCUT2D eigenvalue weighted by Crippen LogP contribution is 2.38. The monoisotopic (exact) mass is 479 g/mol. The fourth-order valence-corrected chi connectivity index (χ4v) is 5.17. The summed E-state index contributed by atoms with van der Waals surface area (Å²) in [6.07, 6.45) is 3.54. The molecule has 0 saturated carbocycles. The minimum atomic E-state index is -0.0230. The number of fused-ring (bicyclic) bond motifs is 1. The van der Waals surface area contributed by atoms with Gasteiger partial charge in [0.25, 0.3) is 11.1 Å². The van der Waals surface area contributed by atoms with E-state index in [9.17, 15) is 4.79 Å². The van der Waals surface area contributed by atoms with Crippen molar-refractivity contribution in [1.82, 2.24) is 14.8 Å². The van der Waals surface area contributed by atoms with Crippen molar-refractivity contribution in [3.8, 4) is 16.7 Å². The molecule has 2 atom stereocenters. The maximum atomic E-state index is 13.0. The maximum Gasteiger partial charge on any atom is 0.279 e. The summed E-state index contributed by atoms with van der Waals surface area (Å²) in [5.41, 5.74) is 2.32. The van der Waals surface area contributed by atoms with Gasteiger partial charge in [0, 0.05) is 19.6 Å². The Labute approximate surface area is 203 Å². The van der Waals surface area contributed by atoms with E-state index in [1.54, 1.807) is 6.20 Å². The molecule has 2 aliphatic rings. The van der Waals surface area contributed by atoms with E-state index in [2.05, 4.69) is 22.0 Å². The molecular formula is C26H29N3O4S. The molecule has 3 heterocycles. The van der Waals surface area contributed by atoms with E-state index in [1.807, 2.05) is 55.4 Å². The molecule has 7 nitrogen and oxygen atoms in total. The SMILES string of the molecule is CN(C)CC1CN(C(=O)c2cnc(Oc3ccc4c(c3)CC[C@@H](c3ccccc3)O4)s2)CCO1. The summed E-state index contributed by atoms with van der Waals surface area (Å²) in [5, 5.41) is 0.459. The van der Waals surface area contributed by atoms with E-state index in [0.29, 0.717) is 35.5 Å². The van der Waals surface area contributed by atoms with Crippen LogP contribution in [0.1, 0.15) is 33.3 Å². The number of aromatic nitrogens is 1. The Kier molecular flexibility index (Phi) is 6.80. The first-order valence-electron chi connectivity index (χ1n) is 11.6. The third-order valence-electron chi connectivity index (χ3n) is 6.04. The van der Waals surface area contributed by atoms with Crippen molar-refractivity contribution in [1.29, 1.82) is 0 Å². The number of carbonyl (C=O) groups is 1. The topological polar surface area (TPSA) is 64.1 Å². The molecule has 5 rings (SSSR count). The Morgan fingerprint density at radius 1 is 1.24 bits per heavy atom. The van der Waals surface area contributed by atoms with Crippen LogP contribution in [0.25, 0.3) is 0 Å². The average Bonchev–Trinajstić information content (AvgIpc) is 3.32. The second-order valence-electron chi connectivity index (χ2n) is 8.92. The van der Waals surface area contributed by atoms with Crippen molar-refractivity contribution in [2.75, 3.05) is 40.3 Å². The zero-order valence-corrected chi connectivity index (χ0v) is 20.3. The predicted molar refractivity (Wildman–Crippen MR) is 131 cm³/mol. The molecule has 3 aromatic rings. The highest BCUT2D eigenvalue weighted by molar-refractivity contribution is 7.15. The van der Waals surface area contributed by atoms with E-state index in [-0.39, 0.29) is 18.1 Å². The number of rotatable bonds is 6. The van der Waals surface area contributed by atoms with Crippen molar-refractivity contribution in [2.45, 2.75) is 25.0 Å². The van der Waals surface area contributed by atoms with Gasteiger partial charge in [0.05, 0.1) is 18.9 Å². The normalized spacial score (nSPS) is 20.0. The summed E-state index contributed by atoms with van der Waals surface area (Å²) in [4.78, 5) is 21.8. The molecule has 2 aliphatic heterocycles. The number of nitrogens with zero attached hydrogens (tertiary/aromatic N) is 3. The average molecular weight is 480 g/mol. The zero-order valence-electron chi connectivity index (χ0n) is 19.5. The van der Waals surface area contributed by atoms with Gasteiger partial charge in [-0.3, -0.25) is 4.79 Å². The Hall–Kier alpha value is -2.94. The molecule has 0 radical (unpaired) electrons. The number of carbonyl (C=O) groups excluding carboxylic acids is 1. The maximum absolute atomic E-state index is 13.0. The van der Waals surface area contributed by atoms with Gasteiger partial charge in [0.1, 0.15) is 22.5 Å². The molecule has 1 unspecified atom stereocenters. The van der Waals surface area contributed by atoms with E-state index in [4.69, 9.17) is 14.2 Å². The van der Waals surface area contributed by atoms with Crippen LogP contribution in [-0.4, -0.2) is 67.1 Å². The second-order valence-corrected chi connectivity index (χ2v) is 9.92. The van der Waals surface area contributed by atoms with Gasteiger partial charge >= 0.3 is 0 Å². The smallest absolute Gasteiger partial charge is 0.279 e. The molecule has 0 aliphatic carbocycles. The first-order valence-corrected chi connectivity index (χ1v) is 12.4. The molecule has 0 spiro atoms. The van der Waals surface area contributed by atoms with Gasteiger partial charge in [-0.15, -0.1) is 0 Å². The zero-order chi connectivity index (χ0) is 23.5. The van der Waals surface area contributed by atoms with Gasteiger partial charge in [0.15, 0.2) is 0 Å². The lowest BCUT2D eigenvalue weighted by atomic mass is 9.97. The first kappa shape index (κ1) is 22.8. The minimum absolute atomic E-state index is 0.0230. The lowest BCUT2D eigenvalue weighted by Crippen LogP contribution is -2.48. The number of hydrogen-bond acceptors (Lipinski definition) is 7. The molecule has 34 heavy (non-hydrogen) atoms. The molecular weight excluding hydrogens is 450 g/mol. The number of ether oxygens (including phenoxy) is 3. The molecule has 2 aromatic carbocycles. The van der Waals surface area contributed by atoms with Crippen molar-refractivity contribution >= 4 is 17.2 Å². The minimum Gasteiger partial charge on any atom is -0.485 e. The van der Waals surface area contributed by atoms with Crippen LogP contribution in [0.4, 0.5) is 0 Å². The number of thiazole rings is 1. The number of amides is 1.